The van der Waals surface area contributed by atoms with Gasteiger partial charge in [-0.3, -0.25) is 0 Å². The van der Waals surface area contributed by atoms with E-state index in [0.717, 1.165) is 40.8 Å². The summed E-state index contributed by atoms with van der Waals surface area (Å²) in [6.45, 7) is 0. The fraction of sp³-hybridized carbons (Fsp3) is 0.0500. The number of nitrogens with zero attached hydrogens (tertiary/aromatic N) is 1. The van der Waals surface area contributed by atoms with Crippen LogP contribution < -0.4 is 4.74 Å². The highest BCUT2D eigenvalue weighted by Gasteiger charge is 2.20. The van der Waals surface area contributed by atoms with E-state index in [0.29, 0.717) is 5.56 Å². The Labute approximate surface area is 150 Å². The number of rotatable bonds is 4. The van der Waals surface area contributed by atoms with E-state index in [1.165, 1.54) is 6.08 Å². The van der Waals surface area contributed by atoms with Crippen LogP contribution in [0.3, 0.4) is 0 Å². The number of sulfone groups is 1. The highest BCUT2D eigenvalue weighted by atomic mass is 32.2. The fourth-order valence-electron chi connectivity index (χ4n) is 2.52. The van der Waals surface area contributed by atoms with Crippen molar-refractivity contribution in [3.05, 3.63) is 76.9 Å². The molecule has 0 fully saturated rings. The number of fused-ring (bicyclic) bond motifs is 1. The molecule has 0 aliphatic carbocycles. The van der Waals surface area contributed by atoms with Gasteiger partial charge in [-0.15, -0.1) is 0 Å². The van der Waals surface area contributed by atoms with Gasteiger partial charge in [0.05, 0.1) is 12.0 Å². The molecule has 0 aromatic heterocycles. The second-order valence-electron chi connectivity index (χ2n) is 5.55. The molecule has 0 aliphatic rings. The number of halogens is 1. The van der Waals surface area contributed by atoms with Crippen molar-refractivity contribution in [1.82, 2.24) is 0 Å². The van der Waals surface area contributed by atoms with Crippen LogP contribution in [-0.4, -0.2) is 15.5 Å². The van der Waals surface area contributed by atoms with Gasteiger partial charge in [0.25, 0.3) is 0 Å². The van der Waals surface area contributed by atoms with Gasteiger partial charge in [0.15, 0.2) is 0 Å². The third kappa shape index (κ3) is 3.44. The summed E-state index contributed by atoms with van der Waals surface area (Å²) in [5, 5.41) is 11.1. The van der Waals surface area contributed by atoms with Gasteiger partial charge in [-0.2, -0.15) is 5.26 Å². The summed E-state index contributed by atoms with van der Waals surface area (Å²) < 4.78 is 43.4. The monoisotopic (exact) mass is 367 g/mol. The van der Waals surface area contributed by atoms with E-state index in [4.69, 9.17) is 4.74 Å². The zero-order chi connectivity index (χ0) is 18.7. The summed E-state index contributed by atoms with van der Waals surface area (Å²) in [7, 11) is -2.44. The predicted octanol–water partition coefficient (Wildman–Crippen LogP) is 4.33. The molecule has 0 spiro atoms. The molecule has 0 atom stereocenters. The minimum absolute atomic E-state index is 0.128. The molecular formula is C20H14FNO3S. The molecule has 0 N–H and O–H groups in total. The molecule has 0 radical (unpaired) electrons. The first-order chi connectivity index (χ1) is 12.4. The average molecular weight is 367 g/mol. The van der Waals surface area contributed by atoms with Crippen molar-refractivity contribution in [3.63, 3.8) is 0 Å². The lowest BCUT2D eigenvalue weighted by Gasteiger charge is -2.05. The molecule has 0 heterocycles. The highest BCUT2D eigenvalue weighted by molar-refractivity contribution is 7.95. The third-order valence-electron chi connectivity index (χ3n) is 3.89. The highest BCUT2D eigenvalue weighted by Crippen LogP contribution is 2.25. The maximum atomic E-state index is 13.0. The smallest absolute Gasteiger partial charge is 0.216 e. The van der Waals surface area contributed by atoms with E-state index in [2.05, 4.69) is 0 Å². The summed E-state index contributed by atoms with van der Waals surface area (Å²) in [4.78, 5) is -0.533. The van der Waals surface area contributed by atoms with Crippen LogP contribution in [0.5, 0.6) is 5.75 Å². The Kier molecular flexibility index (Phi) is 4.74. The second-order valence-corrected chi connectivity index (χ2v) is 7.47. The molecule has 3 rings (SSSR count). The number of ether oxygens (including phenoxy) is 1. The first-order valence-electron chi connectivity index (χ1n) is 7.64. The van der Waals surface area contributed by atoms with Crippen molar-refractivity contribution in [2.24, 2.45) is 0 Å². The lowest BCUT2D eigenvalue weighted by molar-refractivity contribution is 0.415. The predicted molar refractivity (Wildman–Crippen MR) is 97.7 cm³/mol. The molecule has 0 amide bonds. The molecule has 0 unspecified atom stereocenters. The normalized spacial score (nSPS) is 12.0. The Balaban J connectivity index is 2.05. The van der Waals surface area contributed by atoms with Crippen molar-refractivity contribution < 1.29 is 17.5 Å². The number of hydrogen-bond acceptors (Lipinski definition) is 4. The van der Waals surface area contributed by atoms with Crippen LogP contribution in [0.25, 0.3) is 16.8 Å². The van der Waals surface area contributed by atoms with Crippen LogP contribution in [-0.2, 0) is 9.84 Å². The standard InChI is InChI=1S/C20H14FNO3S/c1-25-18-7-4-15-10-14(2-3-16(15)12-18)11-20(13-22)26(23,24)19-8-5-17(21)6-9-19/h2-12H,1H3/b20-11+. The summed E-state index contributed by atoms with van der Waals surface area (Å²) in [5.74, 6) is 0.175. The molecule has 0 saturated carbocycles. The van der Waals surface area contributed by atoms with Crippen molar-refractivity contribution in [2.45, 2.75) is 4.90 Å². The molecule has 0 aliphatic heterocycles. The van der Waals surface area contributed by atoms with Gasteiger partial charge in [0.2, 0.25) is 9.84 Å². The molecule has 130 valence electrons. The van der Waals surface area contributed by atoms with E-state index in [9.17, 15) is 18.1 Å². The number of benzene rings is 3. The Morgan fingerprint density at radius 1 is 1.04 bits per heavy atom. The van der Waals surface area contributed by atoms with E-state index in [1.54, 1.807) is 31.4 Å². The molecule has 3 aromatic carbocycles. The van der Waals surface area contributed by atoms with Crippen LogP contribution in [0.2, 0.25) is 0 Å². The number of hydrogen-bond donors (Lipinski definition) is 0. The van der Waals surface area contributed by atoms with Crippen molar-refractivity contribution >= 4 is 26.7 Å². The quantitative estimate of drug-likeness (QED) is 0.509. The number of nitriles is 1. The number of allylic oxidation sites excluding steroid dienone is 1. The molecule has 0 bridgehead atoms. The Hall–Kier alpha value is -3.17. The van der Waals surface area contributed by atoms with Crippen LogP contribution in [0, 0.1) is 17.1 Å². The summed E-state index contributed by atoms with van der Waals surface area (Å²) in [6.07, 6.45) is 1.31. The zero-order valence-electron chi connectivity index (χ0n) is 13.8. The Morgan fingerprint density at radius 2 is 1.69 bits per heavy atom. The second kappa shape index (κ2) is 6.98. The summed E-state index contributed by atoms with van der Waals surface area (Å²) in [5.41, 5.74) is 0.574. The van der Waals surface area contributed by atoms with Gasteiger partial charge in [-0.25, -0.2) is 12.8 Å². The molecule has 3 aromatic rings. The van der Waals surface area contributed by atoms with Gasteiger partial charge in [0.1, 0.15) is 22.5 Å². The van der Waals surface area contributed by atoms with E-state index in [-0.39, 0.29) is 4.90 Å². The number of methoxy groups -OCH3 is 1. The van der Waals surface area contributed by atoms with Crippen molar-refractivity contribution in [2.75, 3.05) is 7.11 Å². The molecule has 26 heavy (non-hydrogen) atoms. The van der Waals surface area contributed by atoms with Gasteiger partial charge < -0.3 is 4.74 Å². The van der Waals surface area contributed by atoms with Gasteiger partial charge >= 0.3 is 0 Å². The Morgan fingerprint density at radius 3 is 2.35 bits per heavy atom. The van der Waals surface area contributed by atoms with Crippen LogP contribution >= 0.6 is 0 Å². The molecule has 6 heteroatoms. The zero-order valence-corrected chi connectivity index (χ0v) is 14.6. The van der Waals surface area contributed by atoms with Gasteiger partial charge in [-0.05, 0) is 64.9 Å². The average Bonchev–Trinajstić information content (AvgIpc) is 2.65. The lowest BCUT2D eigenvalue weighted by atomic mass is 10.1. The lowest BCUT2D eigenvalue weighted by Crippen LogP contribution is -2.03. The van der Waals surface area contributed by atoms with Crippen LogP contribution in [0.1, 0.15) is 5.56 Å². The Bertz CT molecular complexity index is 1140. The minimum atomic E-state index is -4.02. The van der Waals surface area contributed by atoms with E-state index >= 15 is 0 Å². The summed E-state index contributed by atoms with van der Waals surface area (Å²) in [6, 6.07) is 17.0. The van der Waals surface area contributed by atoms with Gasteiger partial charge in [0, 0.05) is 0 Å². The van der Waals surface area contributed by atoms with Crippen LogP contribution in [0.15, 0.2) is 70.5 Å². The summed E-state index contributed by atoms with van der Waals surface area (Å²) >= 11 is 0. The third-order valence-corrected chi connectivity index (χ3v) is 5.57. The molecular weight excluding hydrogens is 353 g/mol. The fourth-order valence-corrected chi connectivity index (χ4v) is 3.68. The van der Waals surface area contributed by atoms with Crippen LogP contribution in [0.4, 0.5) is 4.39 Å². The van der Waals surface area contributed by atoms with E-state index < -0.39 is 20.6 Å². The SMILES string of the molecule is COc1ccc2cc(/C=C(\C#N)S(=O)(=O)c3ccc(F)cc3)ccc2c1. The first kappa shape index (κ1) is 17.6. The topological polar surface area (TPSA) is 67.2 Å². The maximum absolute atomic E-state index is 13.0. The van der Waals surface area contributed by atoms with Crippen molar-refractivity contribution in [3.8, 4) is 11.8 Å². The van der Waals surface area contributed by atoms with Gasteiger partial charge in [-0.1, -0.05) is 18.2 Å². The van der Waals surface area contributed by atoms with Crippen molar-refractivity contribution in [1.29, 1.82) is 5.26 Å². The van der Waals surface area contributed by atoms with E-state index in [1.807, 2.05) is 18.2 Å². The maximum Gasteiger partial charge on any atom is 0.216 e. The first-order valence-corrected chi connectivity index (χ1v) is 9.12. The molecule has 0 saturated heterocycles. The minimum Gasteiger partial charge on any atom is -0.497 e. The molecule has 4 nitrogen and oxygen atoms in total. The largest absolute Gasteiger partial charge is 0.497 e.